The summed E-state index contributed by atoms with van der Waals surface area (Å²) in [6.07, 6.45) is -1.84. The van der Waals surface area contributed by atoms with E-state index in [1.165, 1.54) is 0 Å². The first-order valence-electron chi connectivity index (χ1n) is 6.37. The molecule has 1 aromatic heterocycles. The van der Waals surface area contributed by atoms with Gasteiger partial charge < -0.3 is 10.4 Å². The van der Waals surface area contributed by atoms with Gasteiger partial charge in [-0.05, 0) is 30.9 Å². The van der Waals surface area contributed by atoms with Gasteiger partial charge in [0.2, 0.25) is 0 Å². The minimum atomic E-state index is -4.59. The Morgan fingerprint density at radius 1 is 1.40 bits per heavy atom. The van der Waals surface area contributed by atoms with Crippen molar-refractivity contribution in [3.05, 3.63) is 23.4 Å². The van der Waals surface area contributed by atoms with Crippen molar-refractivity contribution in [1.29, 1.82) is 0 Å². The molecule has 1 aliphatic rings. The quantitative estimate of drug-likeness (QED) is 0.894. The molecule has 0 radical (unpaired) electrons. The summed E-state index contributed by atoms with van der Waals surface area (Å²) in [7, 11) is 0. The molecule has 4 nitrogen and oxygen atoms in total. The van der Waals surface area contributed by atoms with Gasteiger partial charge in [-0.1, -0.05) is 13.3 Å². The maximum absolute atomic E-state index is 12.7. The van der Waals surface area contributed by atoms with Crippen molar-refractivity contribution in [3.8, 4) is 0 Å². The van der Waals surface area contributed by atoms with Crippen LogP contribution in [0.3, 0.4) is 0 Å². The van der Waals surface area contributed by atoms with Crippen molar-refractivity contribution >= 4 is 11.8 Å². The number of halogens is 3. The lowest BCUT2D eigenvalue weighted by atomic mass is 10.1. The van der Waals surface area contributed by atoms with E-state index in [-0.39, 0.29) is 23.3 Å². The third-order valence-corrected chi connectivity index (χ3v) is 3.60. The van der Waals surface area contributed by atoms with Crippen LogP contribution in [-0.2, 0) is 6.18 Å². The van der Waals surface area contributed by atoms with Crippen molar-refractivity contribution in [3.63, 3.8) is 0 Å². The molecular weight excluding hydrogens is 273 g/mol. The van der Waals surface area contributed by atoms with Crippen LogP contribution in [0.4, 0.5) is 19.0 Å². The molecule has 0 aromatic carbocycles. The maximum atomic E-state index is 12.7. The van der Waals surface area contributed by atoms with Gasteiger partial charge in [-0.3, -0.25) is 0 Å². The molecule has 1 heterocycles. The fourth-order valence-electron chi connectivity index (χ4n) is 2.44. The van der Waals surface area contributed by atoms with E-state index in [0.717, 1.165) is 25.3 Å². The standard InChI is InChI=1S/C13H15F3N2O2/c1-7-3-2-4-9(7)17-11-8(12(19)20)5-6-10(18-11)13(14,15)16/h5-7,9H,2-4H2,1H3,(H,17,18)(H,19,20). The summed E-state index contributed by atoms with van der Waals surface area (Å²) in [5.74, 6) is -1.21. The summed E-state index contributed by atoms with van der Waals surface area (Å²) in [5.41, 5.74) is -1.33. The number of pyridine rings is 1. The molecule has 2 N–H and O–H groups in total. The number of alkyl halides is 3. The lowest BCUT2D eigenvalue weighted by Gasteiger charge is -2.20. The zero-order chi connectivity index (χ0) is 14.9. The highest BCUT2D eigenvalue weighted by Gasteiger charge is 2.34. The van der Waals surface area contributed by atoms with Crippen LogP contribution >= 0.6 is 0 Å². The number of carbonyl (C=O) groups is 1. The Bertz CT molecular complexity index is 517. The highest BCUT2D eigenvalue weighted by molar-refractivity contribution is 5.93. The first-order chi connectivity index (χ1) is 9.29. The number of aromatic carboxylic acids is 1. The predicted molar refractivity (Wildman–Crippen MR) is 66.6 cm³/mol. The van der Waals surface area contributed by atoms with E-state index in [1.807, 2.05) is 6.92 Å². The Morgan fingerprint density at radius 3 is 2.60 bits per heavy atom. The minimum absolute atomic E-state index is 0.0379. The van der Waals surface area contributed by atoms with Crippen molar-refractivity contribution < 1.29 is 23.1 Å². The maximum Gasteiger partial charge on any atom is 0.433 e. The second-order valence-corrected chi connectivity index (χ2v) is 5.05. The molecule has 0 amide bonds. The van der Waals surface area contributed by atoms with Crippen LogP contribution in [0.1, 0.15) is 42.2 Å². The average Bonchev–Trinajstić information content (AvgIpc) is 2.73. The Morgan fingerprint density at radius 2 is 2.10 bits per heavy atom. The molecule has 0 saturated heterocycles. The predicted octanol–water partition coefficient (Wildman–Crippen LogP) is 3.40. The number of anilines is 1. The molecule has 1 fully saturated rings. The van der Waals surface area contributed by atoms with E-state index in [4.69, 9.17) is 5.11 Å². The molecule has 1 aromatic rings. The summed E-state index contributed by atoms with van der Waals surface area (Å²) in [6, 6.07) is 1.59. The van der Waals surface area contributed by atoms with Crippen LogP contribution in [0.15, 0.2) is 12.1 Å². The van der Waals surface area contributed by atoms with E-state index >= 15 is 0 Å². The summed E-state index contributed by atoms with van der Waals surface area (Å²) < 4.78 is 38.0. The van der Waals surface area contributed by atoms with E-state index in [1.54, 1.807) is 0 Å². The van der Waals surface area contributed by atoms with Gasteiger partial charge >= 0.3 is 12.1 Å². The molecule has 2 rings (SSSR count). The summed E-state index contributed by atoms with van der Waals surface area (Å²) >= 11 is 0. The number of carboxylic acid groups (broad SMARTS) is 1. The van der Waals surface area contributed by atoms with Crippen LogP contribution < -0.4 is 5.32 Å². The highest BCUT2D eigenvalue weighted by Crippen LogP contribution is 2.32. The van der Waals surface area contributed by atoms with Crippen molar-refractivity contribution in [2.24, 2.45) is 5.92 Å². The molecule has 0 bridgehead atoms. The number of hydrogen-bond donors (Lipinski definition) is 2. The minimum Gasteiger partial charge on any atom is -0.478 e. The Kier molecular flexibility index (Phi) is 3.87. The van der Waals surface area contributed by atoms with Crippen molar-refractivity contribution in [2.45, 2.75) is 38.4 Å². The van der Waals surface area contributed by atoms with Gasteiger partial charge in [0.05, 0.1) is 0 Å². The van der Waals surface area contributed by atoms with Crippen LogP contribution in [0.25, 0.3) is 0 Å². The average molecular weight is 288 g/mol. The number of rotatable bonds is 3. The number of carboxylic acids is 1. The molecule has 7 heteroatoms. The lowest BCUT2D eigenvalue weighted by molar-refractivity contribution is -0.141. The molecule has 2 unspecified atom stereocenters. The second kappa shape index (κ2) is 5.30. The van der Waals surface area contributed by atoms with Crippen LogP contribution in [0.2, 0.25) is 0 Å². The van der Waals surface area contributed by atoms with Gasteiger partial charge in [0.1, 0.15) is 17.1 Å². The molecular formula is C13H15F3N2O2. The Hall–Kier alpha value is -1.79. The van der Waals surface area contributed by atoms with Gasteiger partial charge in [-0.25, -0.2) is 9.78 Å². The third kappa shape index (κ3) is 3.02. The van der Waals surface area contributed by atoms with Crippen molar-refractivity contribution in [1.82, 2.24) is 4.98 Å². The topological polar surface area (TPSA) is 62.2 Å². The normalized spacial score (nSPS) is 22.8. The highest BCUT2D eigenvalue weighted by atomic mass is 19.4. The first-order valence-corrected chi connectivity index (χ1v) is 6.37. The molecule has 1 saturated carbocycles. The van der Waals surface area contributed by atoms with Crippen LogP contribution in [0, 0.1) is 5.92 Å². The first kappa shape index (κ1) is 14.6. The SMILES string of the molecule is CC1CCCC1Nc1nc(C(F)(F)F)ccc1C(=O)O. The summed E-state index contributed by atoms with van der Waals surface area (Å²) in [5, 5.41) is 11.9. The molecule has 0 aliphatic heterocycles. The third-order valence-electron chi connectivity index (χ3n) is 3.60. The zero-order valence-electron chi connectivity index (χ0n) is 10.9. The van der Waals surface area contributed by atoms with E-state index < -0.39 is 17.8 Å². The van der Waals surface area contributed by atoms with Gasteiger partial charge in [-0.2, -0.15) is 13.2 Å². The molecule has 0 spiro atoms. The fourth-order valence-corrected chi connectivity index (χ4v) is 2.44. The zero-order valence-corrected chi connectivity index (χ0v) is 10.9. The van der Waals surface area contributed by atoms with Crippen LogP contribution in [0.5, 0.6) is 0 Å². The lowest BCUT2D eigenvalue weighted by Crippen LogP contribution is -2.25. The monoisotopic (exact) mass is 288 g/mol. The molecule has 1 aliphatic carbocycles. The smallest absolute Gasteiger partial charge is 0.433 e. The second-order valence-electron chi connectivity index (χ2n) is 5.05. The number of hydrogen-bond acceptors (Lipinski definition) is 3. The van der Waals surface area contributed by atoms with E-state index in [0.29, 0.717) is 6.07 Å². The van der Waals surface area contributed by atoms with Gasteiger partial charge in [0.25, 0.3) is 0 Å². The largest absolute Gasteiger partial charge is 0.478 e. The molecule has 2 atom stereocenters. The summed E-state index contributed by atoms with van der Waals surface area (Å²) in [4.78, 5) is 14.5. The molecule has 110 valence electrons. The number of aromatic nitrogens is 1. The Balaban J connectivity index is 2.34. The van der Waals surface area contributed by atoms with Gasteiger partial charge in [0, 0.05) is 6.04 Å². The number of nitrogens with zero attached hydrogens (tertiary/aromatic N) is 1. The van der Waals surface area contributed by atoms with Crippen LogP contribution in [-0.4, -0.2) is 22.1 Å². The van der Waals surface area contributed by atoms with Crippen molar-refractivity contribution in [2.75, 3.05) is 5.32 Å². The number of nitrogens with one attached hydrogen (secondary N) is 1. The van der Waals surface area contributed by atoms with Gasteiger partial charge in [-0.15, -0.1) is 0 Å². The van der Waals surface area contributed by atoms with E-state index in [2.05, 4.69) is 10.3 Å². The molecule has 20 heavy (non-hydrogen) atoms. The van der Waals surface area contributed by atoms with Gasteiger partial charge in [0.15, 0.2) is 0 Å². The fraction of sp³-hybridized carbons (Fsp3) is 0.538. The van der Waals surface area contributed by atoms with E-state index in [9.17, 15) is 18.0 Å². The Labute approximate surface area is 114 Å². The summed E-state index contributed by atoms with van der Waals surface area (Å²) in [6.45, 7) is 1.98.